The molecule has 3 amide bonds. The molecule has 1 aliphatic heterocycles. The molecule has 0 aromatic rings. The molecule has 0 spiro atoms. The van der Waals surface area contributed by atoms with Crippen LogP contribution in [0.1, 0.15) is 7.85 Å². The number of urea groups is 1. The van der Waals surface area contributed by atoms with Crippen molar-refractivity contribution in [3.63, 3.8) is 0 Å². The molecule has 0 bridgehead atoms. The van der Waals surface area contributed by atoms with Crippen molar-refractivity contribution in [1.29, 1.82) is 0 Å². The van der Waals surface area contributed by atoms with Gasteiger partial charge < -0.3 is 39.6 Å². The van der Waals surface area contributed by atoms with Crippen LogP contribution in [0.15, 0.2) is 5.34 Å². The number of carboxylic acids is 1. The van der Waals surface area contributed by atoms with Gasteiger partial charge in [0.15, 0.2) is 6.03 Å². The van der Waals surface area contributed by atoms with Crippen LogP contribution in [0.5, 0.6) is 0 Å². The molecule has 1 saturated heterocycles. The number of amides is 3. The molecule has 128 heavy (non-hydrogen) atoms. The molecule has 1 heterocycles. The third kappa shape index (κ3) is 742. The Morgan fingerprint density at radius 3 is 0.344 bits per heavy atom. The Balaban J connectivity index is -0.00000000655. The molecule has 0 radical (unpaired) electrons. The standard InChI is InChI=1S/C5H6N2O4.2ClH.109K.HNO2.2H2N.Pt.H/c8-3-1-2(4(9)10)6-5(11)7-3;;;;;;;;;;;;;;;;;;;;;;;;;;;;;;;;;;;;;;;;;;;;;;;;;;;;;;;;;;;;;;;;;;;;;;;;;;;;;;;;;;;;;;;;;;;;;;;;;;;;;;;;;;;;;;;;2-1-3;;;;/h2H,1H2,(H3,6,7,8,9,10,11);2*1H;;;;;;;;;;;;;;;;;;;;;;;;;;;;;;;;;;;;;;;;;;;;;;;;;;;;;;;;;;;;;;;;;;;;;;;;;;;;;;;;;;;;;;;;;;;;;;;;;;;;;;;;;;;;;;(H,2,3);2*1H2;;/q;;;;;;;;;;;;;;;;;;;;;;;;;;;;;;;;;;;;;;;;;;;;;;;;;;;;;;;;;;;;;;;;;;;;;;;;;;;;;;;;;;;;;;;;;;;;;;;;;;;;;;;;;;;;;;;+1;;2*-1;+2;-1/p-4. The summed E-state index contributed by atoms with van der Waals surface area (Å²) in [4.78, 5) is 39.2. The molecular formula is C5H10Cl2K109N5O6Pt-4. The van der Waals surface area contributed by atoms with Crippen molar-refractivity contribution in [1.82, 2.24) is 5.32 Å². The van der Waals surface area contributed by atoms with Gasteiger partial charge in [0, 0.05) is 6.42 Å². The predicted molar refractivity (Wildman–Crippen MR) is 687 cm³/mol. The molecule has 1 unspecified atom stereocenters. The van der Waals surface area contributed by atoms with E-state index in [1.54, 1.807) is 0 Å². The largest absolute Gasteiger partial charge is 0.693 e. The van der Waals surface area contributed by atoms with E-state index in [4.69, 9.17) is 34.1 Å². The SMILES string of the molecule is O=C1CC(C(=O)O)NC(=O)[N-]1.O=N[O-].[Cl][Pt][Cl].[H-].[K+].[K][K].[K][K].[K][K].[K][K].[K][K].[K][K].[K][K].[K][K].[K][K].[K][K].[K][K].[K][K].[K][K].[K][K].[K][K].[K][K].[K][K].[K][K].[K][K].[K][K].[K][K].[K][K].[K][K].[K][K].[K][K].[K][K].[K][K].[K][K].[K][K].[K][K].[K][K].[K][K].[K][K].[K][K].[K][K].[K][K].[K][K].[K][K].[K][K].[K][K].[K][K].[K][K].[K][K].[K][K].[K][K].[K][K].[K][K].[K][K].[K][K].[K][K].[K][K].[K][K].[K][K].[K][K].[NH2-].[NH2-]. The fourth-order valence-electron chi connectivity index (χ4n) is 0.715. The van der Waals surface area contributed by atoms with Crippen LogP contribution in [0.4, 0.5) is 4.79 Å². The summed E-state index contributed by atoms with van der Waals surface area (Å²) in [5, 5.41) is 22.3. The smallest absolute Gasteiger partial charge is 0.693 e. The van der Waals surface area contributed by atoms with Crippen LogP contribution in [0.3, 0.4) is 0 Å². The van der Waals surface area contributed by atoms with Crippen molar-refractivity contribution in [2.45, 2.75) is 12.5 Å². The number of nitrogens with zero attached hydrogens (tertiary/aromatic N) is 2. The summed E-state index contributed by atoms with van der Waals surface area (Å²) in [6.07, 6.45) is -0.263. The molecule has 11 nitrogen and oxygen atoms in total. The number of carbonyl (C=O) groups is 3. The summed E-state index contributed by atoms with van der Waals surface area (Å²) in [5.41, 5.74) is 0. The van der Waals surface area contributed by atoms with Gasteiger partial charge in [-0.3, -0.25) is 14.4 Å². The zero-order valence-corrected chi connectivity index (χ0v) is 462. The number of aliphatic carboxylic acids is 1. The summed E-state index contributed by atoms with van der Waals surface area (Å²) in [5.74, 6) is -1.91. The van der Waals surface area contributed by atoms with Crippen molar-refractivity contribution in [3.05, 3.63) is 27.7 Å². The first-order valence-electron chi connectivity index (χ1n) is 57.5. The van der Waals surface area contributed by atoms with Gasteiger partial charge >= 0.3 is 3500 Å². The quantitative estimate of drug-likeness (QED) is 0.148. The maximum Gasteiger partial charge on any atom is -0.693 e. The number of hydrogen-bond donors (Lipinski definition) is 2. The first-order chi connectivity index (χ1) is 61.9. The van der Waals surface area contributed by atoms with E-state index < -0.39 is 40.4 Å². The molecule has 1 aliphatic rings. The molecule has 0 aromatic carbocycles. The number of nitrogens with two attached hydrogens (primary N) is 2. The van der Waals surface area contributed by atoms with Gasteiger partial charge in [0.1, 0.15) is 5.91 Å². The summed E-state index contributed by atoms with van der Waals surface area (Å²) >= 11 is 135. The zero-order chi connectivity index (χ0) is 122. The van der Waals surface area contributed by atoms with E-state index >= 15 is 0 Å². The molecule has 6 N–H and O–H groups in total. The van der Waals surface area contributed by atoms with E-state index in [-0.39, 0.29) is 71.5 Å². The number of halogens is 2. The number of imide groups is 1. The minimum absolute atomic E-state index is 0. The van der Waals surface area contributed by atoms with Crippen molar-refractivity contribution in [2.75, 3.05) is 0 Å². The number of carbonyl (C=O) groups excluding carboxylic acids is 2. The van der Waals surface area contributed by atoms with Crippen LogP contribution in [0, 0.1) is 10.1 Å². The Hall–Kier alpha value is 177. The van der Waals surface area contributed by atoms with Crippen LogP contribution < -0.4 is 56.7 Å². The van der Waals surface area contributed by atoms with Gasteiger partial charge in [0.05, 0.1) is 6.04 Å². The van der Waals surface area contributed by atoms with Gasteiger partial charge in [-0.05, 0) is 0 Å². The van der Waals surface area contributed by atoms with Crippen LogP contribution >= 0.6 is 18.8 Å². The monoisotopic (exact) mass is 4750 g/mol. The number of nitrogens with one attached hydrogen (secondary N) is 1. The zero-order valence-electron chi connectivity index (χ0n) is 119. The number of rotatable bonds is 1. The average Bonchev–Trinajstić information content (AvgIpc) is 0.887. The molecule has 123 heteroatoms. The maximum atomic E-state index is 10.5. The van der Waals surface area contributed by atoms with Gasteiger partial charge in [-0.2, -0.15) is 0 Å². The topological polar surface area (TPSA) is 217 Å². The summed E-state index contributed by atoms with van der Waals surface area (Å²) in [6.45, 7) is 0. The van der Waals surface area contributed by atoms with Crippen molar-refractivity contribution < 1.29 is 88.8 Å². The fraction of sp³-hybridized carbons (Fsp3) is 0.400. The molecule has 0 aromatic heterocycles. The molecule has 0 aliphatic carbocycles. The Morgan fingerprint density at radius 1 is 0.250 bits per heavy atom. The molecule has 1 atom stereocenters. The summed E-state index contributed by atoms with van der Waals surface area (Å²) in [6, 6.07) is -2.00. The average molecular weight is 4760 g/mol. The van der Waals surface area contributed by atoms with Crippen LogP contribution in [0.25, 0.3) is 17.6 Å². The van der Waals surface area contributed by atoms with E-state index in [2.05, 4.69) is 5.32 Å². The number of carboxylic acid groups (broad SMARTS) is 1. The normalized spacial score (nSPS) is 5.69. The fourth-order valence-corrected chi connectivity index (χ4v) is 0.715. The van der Waals surface area contributed by atoms with Gasteiger partial charge in [-0.15, -0.1) is 5.34 Å². The second kappa shape index (κ2) is 741. The van der Waals surface area contributed by atoms with E-state index in [1.807, 2.05) is 5.32 Å². The first kappa shape index (κ1) is 466. The van der Waals surface area contributed by atoms with Crippen LogP contribution in [-0.4, -0.2) is 3440 Å². The van der Waals surface area contributed by atoms with Crippen molar-refractivity contribution >= 4 is 3450 Å². The number of hydrogen-bond acceptors (Lipinski definition) is 6. The second-order valence-electron chi connectivity index (χ2n) is 2.17. The molecule has 228 valence electrons. The molecular weight excluding hydrogens is 4750 g/mol. The van der Waals surface area contributed by atoms with Gasteiger partial charge in [0.2, 0.25) is 0 Å². The third-order valence-electron chi connectivity index (χ3n) is 1.20. The van der Waals surface area contributed by atoms with Crippen LogP contribution in [0.2, 0.25) is 0 Å². The van der Waals surface area contributed by atoms with Gasteiger partial charge in [-0.25, -0.2) is 0 Å². The van der Waals surface area contributed by atoms with Gasteiger partial charge in [-0.1, -0.05) is 0 Å². The van der Waals surface area contributed by atoms with Crippen molar-refractivity contribution in [3.8, 4) is 0 Å². The maximum absolute atomic E-state index is 10.5. The molecule has 0 saturated carbocycles. The van der Waals surface area contributed by atoms with Crippen molar-refractivity contribution in [2.24, 2.45) is 5.34 Å². The summed E-state index contributed by atoms with van der Waals surface area (Å²) < 4.78 is 0. The van der Waals surface area contributed by atoms with E-state index in [0.29, 0.717) is 0 Å². The Kier molecular flexibility index (Phi) is 2700. The Bertz CT molecular complexity index is 365. The molecule has 1 rings (SSSR count). The second-order valence-corrected chi connectivity index (χ2v) is 5.45. The minimum Gasteiger partial charge on any atom is -0.693 e. The predicted octanol–water partition coefficient (Wildman–Crippen LogP) is -41.5. The van der Waals surface area contributed by atoms with E-state index in [1.165, 1.54) is 3410 Å². The molecule has 1 fully saturated rings. The third-order valence-corrected chi connectivity index (χ3v) is 1.20. The van der Waals surface area contributed by atoms with E-state index in [0.717, 1.165) is 5.34 Å². The van der Waals surface area contributed by atoms with Crippen LogP contribution in [-0.2, 0) is 26.1 Å². The Morgan fingerprint density at radius 2 is 0.305 bits per heavy atom. The van der Waals surface area contributed by atoms with Gasteiger partial charge in [0.25, 0.3) is 0 Å². The minimum atomic E-state index is -1.22. The first-order valence-corrected chi connectivity index (χ1v) is 927. The Labute approximate surface area is 3320 Å². The van der Waals surface area contributed by atoms with E-state index in [9.17, 15) is 14.4 Å². The summed E-state index contributed by atoms with van der Waals surface area (Å²) in [7, 11) is 9.75.